The number of amides is 1. The van der Waals surface area contributed by atoms with Crippen LogP contribution < -0.4 is 5.32 Å². The molecule has 0 radical (unpaired) electrons. The van der Waals surface area contributed by atoms with Gasteiger partial charge in [0.15, 0.2) is 5.17 Å². The van der Waals surface area contributed by atoms with Crippen LogP contribution in [0.1, 0.15) is 18.9 Å². The Bertz CT molecular complexity index is 653. The second-order valence-corrected chi connectivity index (χ2v) is 5.78. The lowest BCUT2D eigenvalue weighted by atomic mass is 10.2. The average Bonchev–Trinajstić information content (AvgIpc) is 2.83. The predicted molar refractivity (Wildman–Crippen MR) is 87.8 cm³/mol. The summed E-state index contributed by atoms with van der Waals surface area (Å²) in [5.41, 5.74) is 1.72. The lowest BCUT2D eigenvalue weighted by Crippen LogP contribution is -2.26. The molecule has 0 aromatic heterocycles. The molecule has 0 unspecified atom stereocenters. The van der Waals surface area contributed by atoms with Crippen molar-refractivity contribution < 1.29 is 14.7 Å². The van der Waals surface area contributed by atoms with Gasteiger partial charge in [-0.25, -0.2) is 0 Å². The largest absolute Gasteiger partial charge is 0.481 e. The van der Waals surface area contributed by atoms with Crippen LogP contribution in [0, 0.1) is 0 Å². The molecule has 1 amide bonds. The van der Waals surface area contributed by atoms with Crippen molar-refractivity contribution >= 4 is 40.6 Å². The molecule has 1 fully saturated rings. The second kappa shape index (κ2) is 7.56. The first kappa shape index (κ1) is 16.0. The maximum Gasteiger partial charge on any atom is 0.305 e. The highest BCUT2D eigenvalue weighted by molar-refractivity contribution is 8.15. The molecule has 1 atom stereocenters. The normalized spacial score (nSPS) is 20.6. The van der Waals surface area contributed by atoms with Gasteiger partial charge in [0.25, 0.3) is 0 Å². The zero-order chi connectivity index (χ0) is 15.9. The number of carboxylic acid groups (broad SMARTS) is 1. The Morgan fingerprint density at radius 3 is 2.82 bits per heavy atom. The molecule has 0 saturated carbocycles. The topological polar surface area (TPSA) is 91.1 Å². The van der Waals surface area contributed by atoms with Crippen LogP contribution in [0.25, 0.3) is 6.08 Å². The van der Waals surface area contributed by atoms with Gasteiger partial charge in [0.05, 0.1) is 12.1 Å². The summed E-state index contributed by atoms with van der Waals surface area (Å²) in [5.74, 6) is -1.36. The number of benzene rings is 1. The third-order valence-electron chi connectivity index (χ3n) is 2.75. The monoisotopic (exact) mass is 317 g/mol. The van der Waals surface area contributed by atoms with Gasteiger partial charge in [-0.3, -0.25) is 9.59 Å². The van der Waals surface area contributed by atoms with Gasteiger partial charge in [-0.05, 0) is 18.6 Å². The third kappa shape index (κ3) is 4.85. The van der Waals surface area contributed by atoms with Gasteiger partial charge in [0.1, 0.15) is 5.25 Å². The van der Waals surface area contributed by atoms with Gasteiger partial charge >= 0.3 is 5.97 Å². The molecule has 1 aliphatic rings. The maximum absolute atomic E-state index is 11.5. The molecule has 114 valence electrons. The van der Waals surface area contributed by atoms with Crippen LogP contribution in [0.5, 0.6) is 0 Å². The number of aliphatic carboxylic acids is 1. The van der Waals surface area contributed by atoms with Crippen LogP contribution >= 0.6 is 11.8 Å². The first-order chi connectivity index (χ1) is 10.5. The van der Waals surface area contributed by atoms with E-state index in [1.54, 1.807) is 6.92 Å². The second-order valence-electron chi connectivity index (χ2n) is 4.58. The molecule has 1 saturated heterocycles. The zero-order valence-corrected chi connectivity index (χ0v) is 12.7. The molecular formula is C15H15N3O3S. The number of rotatable bonds is 5. The Morgan fingerprint density at radius 2 is 2.14 bits per heavy atom. The van der Waals surface area contributed by atoms with E-state index in [1.807, 2.05) is 42.5 Å². The number of carbonyl (C=O) groups is 2. The summed E-state index contributed by atoms with van der Waals surface area (Å²) in [4.78, 5) is 22.2. The molecular weight excluding hydrogens is 302 g/mol. The summed E-state index contributed by atoms with van der Waals surface area (Å²) in [6.07, 6.45) is 3.49. The minimum absolute atomic E-state index is 0.230. The van der Waals surface area contributed by atoms with Gasteiger partial charge in [-0.1, -0.05) is 48.2 Å². The van der Waals surface area contributed by atoms with Crippen molar-refractivity contribution in [2.75, 3.05) is 0 Å². The van der Waals surface area contributed by atoms with Crippen LogP contribution in [0.4, 0.5) is 0 Å². The van der Waals surface area contributed by atoms with Crippen molar-refractivity contribution in [2.24, 2.45) is 10.2 Å². The number of amidine groups is 1. The lowest BCUT2D eigenvalue weighted by Gasteiger charge is -1.97. The number of nitrogens with one attached hydrogen (secondary N) is 1. The third-order valence-corrected chi connectivity index (χ3v) is 3.82. The highest BCUT2D eigenvalue weighted by atomic mass is 32.2. The Morgan fingerprint density at radius 1 is 1.41 bits per heavy atom. The number of thioether (sulfide) groups is 1. The molecule has 0 spiro atoms. The summed E-state index contributed by atoms with van der Waals surface area (Å²) in [7, 11) is 0. The van der Waals surface area contributed by atoms with E-state index >= 15 is 0 Å². The summed E-state index contributed by atoms with van der Waals surface area (Å²) < 4.78 is 0. The number of hydrogen-bond acceptors (Lipinski definition) is 5. The van der Waals surface area contributed by atoms with E-state index in [0.29, 0.717) is 10.9 Å². The number of hydrogen-bond donors (Lipinski definition) is 2. The van der Waals surface area contributed by atoms with Crippen molar-refractivity contribution in [1.29, 1.82) is 0 Å². The molecule has 1 aliphatic heterocycles. The van der Waals surface area contributed by atoms with Crippen LogP contribution in [0.15, 0.2) is 46.6 Å². The number of allylic oxidation sites excluding steroid dienone is 1. The SMILES string of the molecule is CC(/C=C/c1ccccc1)=NN=C1NC(=O)[C@@H](CC(=O)O)S1. The maximum atomic E-state index is 11.5. The van der Waals surface area contributed by atoms with E-state index in [2.05, 4.69) is 15.5 Å². The highest BCUT2D eigenvalue weighted by Crippen LogP contribution is 2.22. The van der Waals surface area contributed by atoms with Crippen LogP contribution in [-0.4, -0.2) is 33.1 Å². The van der Waals surface area contributed by atoms with E-state index in [0.717, 1.165) is 17.3 Å². The minimum atomic E-state index is -1.01. The Hall–Kier alpha value is -2.41. The van der Waals surface area contributed by atoms with Crippen LogP contribution in [-0.2, 0) is 9.59 Å². The van der Waals surface area contributed by atoms with Crippen molar-refractivity contribution in [2.45, 2.75) is 18.6 Å². The van der Waals surface area contributed by atoms with Gasteiger partial charge in [0, 0.05) is 0 Å². The Labute approximate surface area is 132 Å². The van der Waals surface area contributed by atoms with Gasteiger partial charge in [-0.15, -0.1) is 5.10 Å². The summed E-state index contributed by atoms with van der Waals surface area (Å²) >= 11 is 1.08. The molecule has 1 heterocycles. The molecule has 22 heavy (non-hydrogen) atoms. The summed E-state index contributed by atoms with van der Waals surface area (Å²) in [6, 6.07) is 9.77. The number of nitrogens with zero attached hydrogens (tertiary/aromatic N) is 2. The van der Waals surface area contributed by atoms with E-state index in [1.165, 1.54) is 0 Å². The summed E-state index contributed by atoms with van der Waals surface area (Å²) in [6.45, 7) is 1.79. The molecule has 2 rings (SSSR count). The molecule has 0 bridgehead atoms. The van der Waals surface area contributed by atoms with Gasteiger partial charge < -0.3 is 10.4 Å². The van der Waals surface area contributed by atoms with E-state index in [4.69, 9.17) is 5.11 Å². The molecule has 1 aromatic rings. The Balaban J connectivity index is 1.97. The van der Waals surface area contributed by atoms with Crippen molar-refractivity contribution in [3.8, 4) is 0 Å². The van der Waals surface area contributed by atoms with Crippen molar-refractivity contribution in [3.05, 3.63) is 42.0 Å². The minimum Gasteiger partial charge on any atom is -0.481 e. The average molecular weight is 317 g/mol. The number of carboxylic acids is 1. The fourth-order valence-corrected chi connectivity index (χ4v) is 2.59. The van der Waals surface area contributed by atoms with E-state index in [-0.39, 0.29) is 12.3 Å². The lowest BCUT2D eigenvalue weighted by molar-refractivity contribution is -0.138. The van der Waals surface area contributed by atoms with Crippen molar-refractivity contribution in [1.82, 2.24) is 5.32 Å². The van der Waals surface area contributed by atoms with Crippen LogP contribution in [0.2, 0.25) is 0 Å². The molecule has 2 N–H and O–H groups in total. The van der Waals surface area contributed by atoms with Gasteiger partial charge in [0.2, 0.25) is 5.91 Å². The molecule has 6 nitrogen and oxygen atoms in total. The first-order valence-corrected chi connectivity index (χ1v) is 7.47. The predicted octanol–water partition coefficient (Wildman–Crippen LogP) is 2.14. The van der Waals surface area contributed by atoms with E-state index in [9.17, 15) is 9.59 Å². The molecule has 0 aliphatic carbocycles. The van der Waals surface area contributed by atoms with Crippen molar-refractivity contribution in [3.63, 3.8) is 0 Å². The van der Waals surface area contributed by atoms with Crippen LogP contribution in [0.3, 0.4) is 0 Å². The van der Waals surface area contributed by atoms with Gasteiger partial charge in [-0.2, -0.15) is 5.10 Å². The zero-order valence-electron chi connectivity index (χ0n) is 11.9. The molecule has 7 heteroatoms. The Kier molecular flexibility index (Phi) is 5.48. The first-order valence-electron chi connectivity index (χ1n) is 6.59. The smallest absolute Gasteiger partial charge is 0.305 e. The molecule has 1 aromatic carbocycles. The fraction of sp³-hybridized carbons (Fsp3) is 0.200. The standard InChI is InChI=1S/C15H15N3O3S/c1-10(7-8-11-5-3-2-4-6-11)17-18-15-16-14(21)12(22-15)9-13(19)20/h2-8,12H,9H2,1H3,(H,19,20)(H,16,18,21)/b8-7+,17-10?/t12-/m1/s1. The number of carbonyl (C=O) groups excluding carboxylic acids is 1. The van der Waals surface area contributed by atoms with E-state index < -0.39 is 11.2 Å². The summed E-state index contributed by atoms with van der Waals surface area (Å²) in [5, 5.41) is 18.8. The fourth-order valence-electron chi connectivity index (χ4n) is 1.68. The quantitative estimate of drug-likeness (QED) is 0.643. The highest BCUT2D eigenvalue weighted by Gasteiger charge is 2.32.